The number of imide groups is 2. The lowest BCUT2D eigenvalue weighted by atomic mass is 9.82. The highest BCUT2D eigenvalue weighted by atomic mass is 32.1. The molecule has 2 aromatic heterocycles. The molecule has 1 saturated carbocycles. The summed E-state index contributed by atoms with van der Waals surface area (Å²) in [5.74, 6) is -1.23. The van der Waals surface area contributed by atoms with Gasteiger partial charge in [0.1, 0.15) is 11.7 Å². The van der Waals surface area contributed by atoms with E-state index in [-0.39, 0.29) is 24.3 Å². The molecule has 2 aromatic carbocycles. The Hall–Kier alpha value is -5.09. The number of amides is 5. The number of hydrogen-bond donors (Lipinski definition) is 4. The molecule has 4 aliphatic heterocycles. The minimum atomic E-state index is -1.18. The van der Waals surface area contributed by atoms with Crippen LogP contribution in [0.2, 0.25) is 0 Å². The number of pyridine rings is 1. The molecular formula is C45H52N8O6S. The molecule has 9 rings (SSSR count). The van der Waals surface area contributed by atoms with Crippen molar-refractivity contribution in [2.45, 2.75) is 102 Å². The van der Waals surface area contributed by atoms with Crippen molar-refractivity contribution < 1.29 is 29.1 Å². The molecule has 5 aliphatic rings. The maximum absolute atomic E-state index is 13.5. The Morgan fingerprint density at radius 3 is 2.43 bits per heavy atom. The zero-order valence-corrected chi connectivity index (χ0v) is 35.1. The van der Waals surface area contributed by atoms with Gasteiger partial charge in [0.15, 0.2) is 0 Å². The van der Waals surface area contributed by atoms with Gasteiger partial charge in [-0.05, 0) is 108 Å². The second kappa shape index (κ2) is 16.1. The zero-order chi connectivity index (χ0) is 41.9. The lowest BCUT2D eigenvalue weighted by Crippen LogP contribution is -2.54. The fourth-order valence-corrected chi connectivity index (χ4v) is 11.2. The smallest absolute Gasteiger partial charge is 0.274 e. The third-order valence-electron chi connectivity index (χ3n) is 13.1. The monoisotopic (exact) mass is 832 g/mol. The highest BCUT2D eigenvalue weighted by Crippen LogP contribution is 2.42. The van der Waals surface area contributed by atoms with E-state index in [0.29, 0.717) is 58.7 Å². The highest BCUT2D eigenvalue weighted by Gasteiger charge is 2.46. The van der Waals surface area contributed by atoms with Crippen LogP contribution in [0.25, 0.3) is 10.2 Å². The average Bonchev–Trinajstić information content (AvgIpc) is 3.98. The molecule has 4 aromatic rings. The van der Waals surface area contributed by atoms with Gasteiger partial charge in [0.2, 0.25) is 11.8 Å². The number of thiazole rings is 1. The van der Waals surface area contributed by atoms with Gasteiger partial charge in [-0.25, -0.2) is 9.97 Å². The quantitative estimate of drug-likeness (QED) is 0.106. The predicted octanol–water partition coefficient (Wildman–Crippen LogP) is 5.42. The lowest BCUT2D eigenvalue weighted by molar-refractivity contribution is -0.136. The first kappa shape index (κ1) is 40.3. The molecule has 314 valence electrons. The van der Waals surface area contributed by atoms with Crippen molar-refractivity contribution in [1.29, 1.82) is 0 Å². The molecule has 4 fully saturated rings. The van der Waals surface area contributed by atoms with Crippen LogP contribution in [0.5, 0.6) is 0 Å². The van der Waals surface area contributed by atoms with Crippen LogP contribution in [-0.2, 0) is 15.2 Å². The van der Waals surface area contributed by atoms with Gasteiger partial charge in [-0.15, -0.1) is 11.3 Å². The zero-order valence-electron chi connectivity index (χ0n) is 34.3. The van der Waals surface area contributed by atoms with Crippen LogP contribution in [-0.4, -0.2) is 110 Å². The summed E-state index contributed by atoms with van der Waals surface area (Å²) >= 11 is 1.69. The summed E-state index contributed by atoms with van der Waals surface area (Å²) in [5, 5.41) is 20.8. The summed E-state index contributed by atoms with van der Waals surface area (Å²) in [6.07, 6.45) is 6.86. The number of aliphatic hydroxyl groups is 1. The molecule has 15 heteroatoms. The standard InChI is InChI=1S/C45H52N8O6S/c1-25-7-4-10-33(47-25)40(55)48-34-21-37-35(20-31(34)45(2,3)59)49-42(60-37)27-13-11-26(12-14-27)22-52-24-28-19-29(52)23-51(28)18-6-17-46-32-9-5-8-30-39(32)44(58)53(43(30)57)36-15-16-38(54)50-41(36)56/h4-5,7-10,20-21,26-29,36,46,59H,6,11-19,22-24H2,1-3H3,(H,48,55)(H,50,54,56)/t26?,27?,28-,29-,36?/m1/s1. The Morgan fingerprint density at radius 2 is 1.70 bits per heavy atom. The molecular weight excluding hydrogens is 781 g/mol. The minimum absolute atomic E-state index is 0.0898. The molecule has 14 nitrogen and oxygen atoms in total. The van der Waals surface area contributed by atoms with Gasteiger partial charge in [0, 0.05) is 79.8 Å². The molecule has 6 heterocycles. The van der Waals surface area contributed by atoms with E-state index >= 15 is 0 Å². The normalized spacial score (nSPS) is 24.7. The largest absolute Gasteiger partial charge is 0.386 e. The van der Waals surface area contributed by atoms with Crippen molar-refractivity contribution in [2.24, 2.45) is 5.92 Å². The first-order valence-electron chi connectivity index (χ1n) is 21.3. The third kappa shape index (κ3) is 7.83. The SMILES string of the molecule is Cc1cccc(C(=O)Nc2cc3sc(C4CCC(CN5C[C@H]6C[C@@H]5CN6CCCNc5cccc6c5C(=O)N(C5CCC(=O)NC5=O)C6=O)CC4)nc3cc2C(C)(C)O)n1. The van der Waals surface area contributed by atoms with Gasteiger partial charge >= 0.3 is 0 Å². The second-order valence-electron chi connectivity index (χ2n) is 17.8. The van der Waals surface area contributed by atoms with Crippen LogP contribution in [0.4, 0.5) is 11.4 Å². The summed E-state index contributed by atoms with van der Waals surface area (Å²) in [6.45, 7) is 10.2. The number of fused-ring (bicyclic) bond motifs is 4. The van der Waals surface area contributed by atoms with Gasteiger partial charge in [-0.1, -0.05) is 12.1 Å². The van der Waals surface area contributed by atoms with Crippen LogP contribution in [0.15, 0.2) is 48.5 Å². The van der Waals surface area contributed by atoms with E-state index in [0.717, 1.165) is 71.3 Å². The van der Waals surface area contributed by atoms with E-state index in [1.165, 1.54) is 19.3 Å². The summed E-state index contributed by atoms with van der Waals surface area (Å²) in [4.78, 5) is 79.7. The first-order chi connectivity index (χ1) is 28.8. The van der Waals surface area contributed by atoms with Crippen molar-refractivity contribution >= 4 is 62.5 Å². The number of carbonyl (C=O) groups is 5. The van der Waals surface area contributed by atoms with Gasteiger partial charge in [0.05, 0.1) is 32.0 Å². The molecule has 5 amide bonds. The van der Waals surface area contributed by atoms with Crippen LogP contribution in [0.3, 0.4) is 0 Å². The average molecular weight is 833 g/mol. The molecule has 0 spiro atoms. The van der Waals surface area contributed by atoms with Crippen molar-refractivity contribution in [3.8, 4) is 0 Å². The van der Waals surface area contributed by atoms with Gasteiger partial charge < -0.3 is 15.7 Å². The van der Waals surface area contributed by atoms with Crippen molar-refractivity contribution in [1.82, 2.24) is 30.0 Å². The van der Waals surface area contributed by atoms with E-state index in [2.05, 4.69) is 30.7 Å². The number of anilines is 2. The number of aryl methyl sites for hydroxylation is 1. The Balaban J connectivity index is 0.745. The molecule has 3 saturated heterocycles. The predicted molar refractivity (Wildman–Crippen MR) is 228 cm³/mol. The van der Waals surface area contributed by atoms with Crippen molar-refractivity contribution in [2.75, 3.05) is 43.4 Å². The van der Waals surface area contributed by atoms with E-state index in [1.807, 2.05) is 31.2 Å². The molecule has 0 radical (unpaired) electrons. The van der Waals surface area contributed by atoms with Crippen molar-refractivity contribution in [3.05, 3.63) is 81.6 Å². The number of piperazine rings is 1. The lowest BCUT2D eigenvalue weighted by Gasteiger charge is -2.37. The van der Waals surface area contributed by atoms with E-state index < -0.39 is 35.3 Å². The molecule has 2 bridgehead atoms. The minimum Gasteiger partial charge on any atom is -0.386 e. The Morgan fingerprint density at radius 1 is 0.933 bits per heavy atom. The molecule has 3 atom stereocenters. The van der Waals surface area contributed by atoms with Gasteiger partial charge in [-0.3, -0.25) is 44.0 Å². The second-order valence-corrected chi connectivity index (χ2v) is 18.8. The van der Waals surface area contributed by atoms with E-state index in [9.17, 15) is 29.1 Å². The number of likely N-dealkylation sites (tertiary alicyclic amines) is 2. The van der Waals surface area contributed by atoms with Crippen LogP contribution >= 0.6 is 11.3 Å². The molecule has 1 unspecified atom stereocenters. The molecule has 1 aliphatic carbocycles. The Bertz CT molecular complexity index is 2380. The summed E-state index contributed by atoms with van der Waals surface area (Å²) in [7, 11) is 0. The molecule has 4 N–H and O–H groups in total. The van der Waals surface area contributed by atoms with Gasteiger partial charge in [0.25, 0.3) is 17.7 Å². The van der Waals surface area contributed by atoms with E-state index in [1.54, 1.807) is 49.4 Å². The third-order valence-corrected chi connectivity index (χ3v) is 14.3. The van der Waals surface area contributed by atoms with E-state index in [4.69, 9.17) is 4.98 Å². The number of aromatic nitrogens is 2. The van der Waals surface area contributed by atoms with Crippen LogP contribution in [0.1, 0.15) is 119 Å². The number of nitrogens with one attached hydrogen (secondary N) is 3. The fourth-order valence-electron chi connectivity index (χ4n) is 10.1. The fraction of sp³-hybridized carbons (Fsp3) is 0.489. The van der Waals surface area contributed by atoms with Crippen LogP contribution < -0.4 is 16.0 Å². The summed E-state index contributed by atoms with van der Waals surface area (Å²) < 4.78 is 0.995. The molecule has 60 heavy (non-hydrogen) atoms. The maximum Gasteiger partial charge on any atom is 0.274 e. The number of carbonyl (C=O) groups excluding carboxylic acids is 5. The van der Waals surface area contributed by atoms with Gasteiger partial charge in [-0.2, -0.15) is 0 Å². The van der Waals surface area contributed by atoms with Crippen molar-refractivity contribution in [3.63, 3.8) is 0 Å². The highest BCUT2D eigenvalue weighted by molar-refractivity contribution is 7.18. The maximum atomic E-state index is 13.5. The number of benzene rings is 2. The Kier molecular flexibility index (Phi) is 10.8. The summed E-state index contributed by atoms with van der Waals surface area (Å²) in [5.41, 5.74) is 3.15. The number of nitrogens with zero attached hydrogens (tertiary/aromatic N) is 5. The number of hydrogen-bond acceptors (Lipinski definition) is 12. The van der Waals surface area contributed by atoms with Crippen LogP contribution in [0, 0.1) is 12.8 Å². The Labute approximate surface area is 353 Å². The summed E-state index contributed by atoms with van der Waals surface area (Å²) in [6, 6.07) is 14.5. The number of rotatable bonds is 12. The topological polar surface area (TPSA) is 177 Å². The number of piperidine rings is 1. The first-order valence-corrected chi connectivity index (χ1v) is 22.1.